The second-order valence-corrected chi connectivity index (χ2v) is 31.3. The zero-order valence-electron chi connectivity index (χ0n) is 33.3. The standard InChI is InChI=1S/C42H72O2S2Si2/c1-27(2)47(28(3)4,29(5)6)39-23-33(13)21-35(41(39)43)25-45-37-19-17-15-16-18-20-38(37)46-26-36-22-34(14)24-40(42(36)44)48(30(7)8,31(9)10)32(11)12/h21-24,27-32,37-38,43-44H,15-20,25-26H2,1-14H3. The quantitative estimate of drug-likeness (QED) is 0.190. The van der Waals surface area contributed by atoms with Gasteiger partial charge in [0.2, 0.25) is 0 Å². The van der Waals surface area contributed by atoms with Crippen molar-refractivity contribution in [3.63, 3.8) is 0 Å². The molecule has 2 atom stereocenters. The third kappa shape index (κ3) is 8.44. The van der Waals surface area contributed by atoms with Crippen molar-refractivity contribution in [3.05, 3.63) is 46.5 Å². The minimum absolute atomic E-state index is 0.544. The molecule has 0 aromatic heterocycles. The highest BCUT2D eigenvalue weighted by atomic mass is 32.2. The highest BCUT2D eigenvalue weighted by molar-refractivity contribution is 8.03. The molecule has 0 amide bonds. The maximum absolute atomic E-state index is 12.0. The summed E-state index contributed by atoms with van der Waals surface area (Å²) in [7, 11) is -3.98. The molecule has 0 heterocycles. The molecule has 2 unspecified atom stereocenters. The molecule has 272 valence electrons. The Balaban J connectivity index is 1.94. The number of phenolic OH excluding ortho intramolecular Hbond substituents is 2. The normalized spacial score (nSPS) is 18.5. The van der Waals surface area contributed by atoms with Gasteiger partial charge in [0.25, 0.3) is 0 Å². The van der Waals surface area contributed by atoms with E-state index >= 15 is 0 Å². The molecule has 0 saturated heterocycles. The molecule has 2 nitrogen and oxygen atoms in total. The SMILES string of the molecule is Cc1cc(CSC2CCCCCCC2SCc2cc(C)cc([Si](C(C)C)(C(C)C)C(C)C)c2O)c(O)c([Si](C(C)C)(C(C)C)C(C)C)c1. The molecule has 0 spiro atoms. The first-order valence-electron chi connectivity index (χ1n) is 19.3. The molecule has 1 aliphatic carbocycles. The summed E-state index contributed by atoms with van der Waals surface area (Å²) in [5.41, 5.74) is 8.21. The fourth-order valence-corrected chi connectivity index (χ4v) is 27.5. The van der Waals surface area contributed by atoms with Gasteiger partial charge in [-0.25, -0.2) is 0 Å². The number of hydrogen-bond acceptors (Lipinski definition) is 4. The Hall–Kier alpha value is -0.826. The van der Waals surface area contributed by atoms with Crippen molar-refractivity contribution in [1.82, 2.24) is 0 Å². The van der Waals surface area contributed by atoms with Crippen LogP contribution in [-0.2, 0) is 11.5 Å². The lowest BCUT2D eigenvalue weighted by molar-refractivity contribution is 0.473. The van der Waals surface area contributed by atoms with Crippen LogP contribution in [0.15, 0.2) is 24.3 Å². The van der Waals surface area contributed by atoms with Gasteiger partial charge in [0.1, 0.15) is 11.5 Å². The van der Waals surface area contributed by atoms with E-state index < -0.39 is 16.1 Å². The van der Waals surface area contributed by atoms with Crippen molar-refractivity contribution >= 4 is 50.0 Å². The maximum Gasteiger partial charge on any atom is 0.118 e. The third-order valence-electron chi connectivity index (χ3n) is 12.4. The van der Waals surface area contributed by atoms with Crippen LogP contribution in [0.25, 0.3) is 0 Å². The van der Waals surface area contributed by atoms with E-state index in [1.165, 1.54) is 60.0 Å². The fraction of sp³-hybridized carbons (Fsp3) is 0.714. The number of rotatable bonds is 14. The summed E-state index contributed by atoms with van der Waals surface area (Å²) in [4.78, 5) is 0. The maximum atomic E-state index is 12.0. The number of hydrogen-bond donors (Lipinski definition) is 2. The Morgan fingerprint density at radius 2 is 0.812 bits per heavy atom. The molecule has 1 aliphatic rings. The van der Waals surface area contributed by atoms with Crippen LogP contribution in [0.5, 0.6) is 11.5 Å². The Kier molecular flexibility index (Phi) is 15.2. The Morgan fingerprint density at radius 1 is 0.521 bits per heavy atom. The molecule has 2 N–H and O–H groups in total. The zero-order chi connectivity index (χ0) is 36.1. The molecule has 1 saturated carbocycles. The van der Waals surface area contributed by atoms with Gasteiger partial charge in [-0.2, -0.15) is 23.5 Å². The van der Waals surface area contributed by atoms with Gasteiger partial charge < -0.3 is 10.2 Å². The molecule has 2 aromatic carbocycles. The third-order valence-corrected chi connectivity index (χ3v) is 29.6. The van der Waals surface area contributed by atoms with Crippen LogP contribution in [0.1, 0.15) is 144 Å². The largest absolute Gasteiger partial charge is 0.508 e. The van der Waals surface area contributed by atoms with E-state index in [0.29, 0.717) is 55.2 Å². The molecule has 1 fully saturated rings. The van der Waals surface area contributed by atoms with E-state index in [1.54, 1.807) is 0 Å². The van der Waals surface area contributed by atoms with Crippen molar-refractivity contribution in [2.45, 2.75) is 191 Å². The summed E-state index contributed by atoms with van der Waals surface area (Å²) >= 11 is 4.18. The van der Waals surface area contributed by atoms with E-state index in [4.69, 9.17) is 0 Å². The van der Waals surface area contributed by atoms with E-state index in [0.717, 1.165) is 22.6 Å². The van der Waals surface area contributed by atoms with Crippen LogP contribution in [0.3, 0.4) is 0 Å². The van der Waals surface area contributed by atoms with Crippen molar-refractivity contribution in [2.24, 2.45) is 0 Å². The van der Waals surface area contributed by atoms with Crippen LogP contribution in [0, 0.1) is 13.8 Å². The van der Waals surface area contributed by atoms with E-state index in [-0.39, 0.29) is 0 Å². The summed E-state index contributed by atoms with van der Waals surface area (Å²) in [6.07, 6.45) is 7.70. The van der Waals surface area contributed by atoms with Crippen molar-refractivity contribution in [2.75, 3.05) is 0 Å². The number of benzene rings is 2. The highest BCUT2D eigenvalue weighted by Gasteiger charge is 2.47. The molecular weight excluding hydrogens is 657 g/mol. The lowest BCUT2D eigenvalue weighted by Crippen LogP contribution is -2.55. The minimum Gasteiger partial charge on any atom is -0.508 e. The first kappa shape index (κ1) is 41.6. The molecule has 0 bridgehead atoms. The monoisotopic (exact) mass is 728 g/mol. The molecule has 2 aromatic rings. The highest BCUT2D eigenvalue weighted by Crippen LogP contribution is 2.46. The van der Waals surface area contributed by atoms with Crippen LogP contribution in [0.4, 0.5) is 0 Å². The number of phenols is 2. The van der Waals surface area contributed by atoms with Crippen LogP contribution < -0.4 is 10.4 Å². The van der Waals surface area contributed by atoms with E-state index in [2.05, 4.69) is 145 Å². The molecule has 48 heavy (non-hydrogen) atoms. The average molecular weight is 729 g/mol. The van der Waals surface area contributed by atoms with Crippen molar-refractivity contribution in [1.29, 1.82) is 0 Å². The molecule has 6 heteroatoms. The average Bonchev–Trinajstić information content (AvgIpc) is 2.95. The van der Waals surface area contributed by atoms with Gasteiger partial charge in [0.15, 0.2) is 0 Å². The molecule has 0 radical (unpaired) electrons. The smallest absolute Gasteiger partial charge is 0.118 e. The van der Waals surface area contributed by atoms with Gasteiger partial charge in [0, 0.05) is 33.1 Å². The Morgan fingerprint density at radius 3 is 1.08 bits per heavy atom. The lowest BCUT2D eigenvalue weighted by Gasteiger charge is -2.44. The van der Waals surface area contributed by atoms with Gasteiger partial charge >= 0.3 is 0 Å². The van der Waals surface area contributed by atoms with E-state index in [1.807, 2.05) is 0 Å². The number of aromatic hydroxyl groups is 2. The fourth-order valence-electron chi connectivity index (χ4n) is 10.6. The van der Waals surface area contributed by atoms with Gasteiger partial charge in [-0.15, -0.1) is 0 Å². The molecular formula is C42H72O2S2Si2. The first-order chi connectivity index (χ1) is 22.4. The van der Waals surface area contributed by atoms with Crippen LogP contribution in [0.2, 0.25) is 33.2 Å². The summed E-state index contributed by atoms with van der Waals surface area (Å²) in [6, 6.07) is 9.19. The Labute approximate surface area is 307 Å². The lowest BCUT2D eigenvalue weighted by atomic mass is 10.00. The number of aryl methyl sites for hydroxylation is 2. The first-order valence-corrected chi connectivity index (χ1v) is 25.9. The predicted octanol–water partition coefficient (Wildman–Crippen LogP) is 12.7. The zero-order valence-corrected chi connectivity index (χ0v) is 36.9. The van der Waals surface area contributed by atoms with Crippen molar-refractivity contribution < 1.29 is 10.2 Å². The van der Waals surface area contributed by atoms with Crippen molar-refractivity contribution in [3.8, 4) is 11.5 Å². The summed E-state index contributed by atoms with van der Waals surface area (Å²) in [6.45, 7) is 33.2. The van der Waals surface area contributed by atoms with Crippen LogP contribution >= 0.6 is 23.5 Å². The minimum atomic E-state index is -1.99. The van der Waals surface area contributed by atoms with Gasteiger partial charge in [-0.1, -0.05) is 144 Å². The summed E-state index contributed by atoms with van der Waals surface area (Å²) in [5, 5.41) is 27.7. The molecule has 3 rings (SSSR count). The second-order valence-electron chi connectivity index (χ2n) is 17.1. The molecule has 0 aliphatic heterocycles. The predicted molar refractivity (Wildman–Crippen MR) is 225 cm³/mol. The van der Waals surface area contributed by atoms with Gasteiger partial charge in [-0.3, -0.25) is 0 Å². The van der Waals surface area contributed by atoms with Gasteiger partial charge in [-0.05, 0) is 70.3 Å². The topological polar surface area (TPSA) is 40.5 Å². The summed E-state index contributed by atoms with van der Waals surface area (Å²) in [5.74, 6) is 2.92. The van der Waals surface area contributed by atoms with E-state index in [9.17, 15) is 10.2 Å². The summed E-state index contributed by atoms with van der Waals surface area (Å²) < 4.78 is 0. The van der Waals surface area contributed by atoms with Crippen LogP contribution in [-0.4, -0.2) is 36.9 Å². The van der Waals surface area contributed by atoms with Gasteiger partial charge in [0.05, 0.1) is 16.1 Å². The Bertz CT molecular complexity index is 1190. The second kappa shape index (κ2) is 17.6. The number of thioether (sulfide) groups is 2.